The molecule has 0 aliphatic carbocycles. The number of aromatic nitrogens is 1. The Kier molecular flexibility index (Phi) is 13.9. The van der Waals surface area contributed by atoms with E-state index in [2.05, 4.69) is 88.7 Å². The molecule has 0 radical (unpaired) electrons. The van der Waals surface area contributed by atoms with Crippen LogP contribution in [0.1, 0.15) is 62.9 Å². The first kappa shape index (κ1) is 41.6. The number of nitrogens with zero attached hydrogens (tertiary/aromatic N) is 1. The Balaban J connectivity index is 1.31. The summed E-state index contributed by atoms with van der Waals surface area (Å²) in [5.74, 6) is 0.494. The van der Waals surface area contributed by atoms with E-state index in [4.69, 9.17) is 14.5 Å². The predicted molar refractivity (Wildman–Crippen MR) is 236 cm³/mol. The standard InChI is InChI=1S/C49H52N4O4S/c1-35(37-21-11-6-12-22-37)51-45(54)36(2)56-46-44(32-31-43(53-46)38-23-13-7-14-24-38)50-33-42(52-47(55)57-48(3,4)5)34-58-49(39-25-15-8-16-26-39,40-27-17-9-18-28-40)41-29-19-10-20-30-41/h6-32,35-36,42,50H,33-34H2,1-5H3,(H,51,54)(H,52,55)/t35-,36+,42?/m0/s1. The Labute approximate surface area is 346 Å². The molecule has 6 aromatic rings. The summed E-state index contributed by atoms with van der Waals surface area (Å²) in [6.07, 6.45) is -1.38. The van der Waals surface area contributed by atoms with Gasteiger partial charge in [-0.1, -0.05) is 152 Å². The molecule has 0 aliphatic rings. The monoisotopic (exact) mass is 792 g/mol. The number of anilines is 1. The number of nitrogens with one attached hydrogen (secondary N) is 3. The molecule has 1 heterocycles. The van der Waals surface area contributed by atoms with Gasteiger partial charge < -0.3 is 25.4 Å². The van der Waals surface area contributed by atoms with Crippen LogP contribution in [0.15, 0.2) is 164 Å². The van der Waals surface area contributed by atoms with Crippen LogP contribution in [0.3, 0.4) is 0 Å². The highest BCUT2D eigenvalue weighted by molar-refractivity contribution is 8.00. The third-order valence-corrected chi connectivity index (χ3v) is 11.3. The molecule has 8 nitrogen and oxygen atoms in total. The van der Waals surface area contributed by atoms with Gasteiger partial charge >= 0.3 is 6.09 Å². The molecule has 0 saturated heterocycles. The quantitative estimate of drug-likeness (QED) is 0.0839. The smallest absolute Gasteiger partial charge is 0.407 e. The Bertz CT molecular complexity index is 2110. The molecule has 58 heavy (non-hydrogen) atoms. The van der Waals surface area contributed by atoms with E-state index >= 15 is 0 Å². The van der Waals surface area contributed by atoms with E-state index in [0.29, 0.717) is 23.7 Å². The van der Waals surface area contributed by atoms with E-state index in [1.54, 1.807) is 18.7 Å². The number of pyridine rings is 1. The molecule has 3 atom stereocenters. The molecule has 1 aromatic heterocycles. The molecule has 6 rings (SSSR count). The highest BCUT2D eigenvalue weighted by atomic mass is 32.2. The third kappa shape index (κ3) is 10.9. The van der Waals surface area contributed by atoms with Gasteiger partial charge in [-0.05, 0) is 69.0 Å². The first-order chi connectivity index (χ1) is 28.0. The second kappa shape index (κ2) is 19.4. The molecule has 5 aromatic carbocycles. The average molecular weight is 793 g/mol. The maximum absolute atomic E-state index is 13.5. The van der Waals surface area contributed by atoms with Crippen molar-refractivity contribution in [2.75, 3.05) is 17.6 Å². The molecule has 1 unspecified atom stereocenters. The summed E-state index contributed by atoms with van der Waals surface area (Å²) >= 11 is 1.74. The van der Waals surface area contributed by atoms with Crippen LogP contribution in [0.25, 0.3) is 11.3 Å². The van der Waals surface area contributed by atoms with Crippen LogP contribution in [0, 0.1) is 0 Å². The molecular formula is C49H52N4O4S. The van der Waals surface area contributed by atoms with Crippen molar-refractivity contribution in [1.29, 1.82) is 0 Å². The molecule has 0 bridgehead atoms. The van der Waals surface area contributed by atoms with Gasteiger partial charge in [0.15, 0.2) is 6.10 Å². The van der Waals surface area contributed by atoms with Crippen molar-refractivity contribution < 1.29 is 19.1 Å². The maximum Gasteiger partial charge on any atom is 0.407 e. The lowest BCUT2D eigenvalue weighted by Gasteiger charge is -2.37. The minimum absolute atomic E-state index is 0.215. The second-order valence-corrected chi connectivity index (χ2v) is 16.4. The Morgan fingerprint density at radius 1 is 0.655 bits per heavy atom. The van der Waals surface area contributed by atoms with Gasteiger partial charge in [-0.3, -0.25) is 4.79 Å². The third-order valence-electron chi connectivity index (χ3n) is 9.55. The lowest BCUT2D eigenvalue weighted by molar-refractivity contribution is -0.128. The summed E-state index contributed by atoms with van der Waals surface area (Å²) < 4.78 is 11.5. The van der Waals surface area contributed by atoms with Gasteiger partial charge in [0.25, 0.3) is 5.91 Å². The van der Waals surface area contributed by atoms with Gasteiger partial charge in [-0.25, -0.2) is 9.78 Å². The number of hydrogen-bond donors (Lipinski definition) is 3. The number of carbonyl (C=O) groups excluding carboxylic acids is 2. The van der Waals surface area contributed by atoms with Crippen LogP contribution in [-0.4, -0.2) is 47.0 Å². The summed E-state index contributed by atoms with van der Waals surface area (Å²) in [7, 11) is 0. The first-order valence-electron chi connectivity index (χ1n) is 19.6. The molecule has 2 amide bonds. The van der Waals surface area contributed by atoms with Crippen molar-refractivity contribution in [2.45, 2.75) is 63.2 Å². The van der Waals surface area contributed by atoms with Crippen LogP contribution >= 0.6 is 11.8 Å². The summed E-state index contributed by atoms with van der Waals surface area (Å²) in [4.78, 5) is 31.8. The van der Waals surface area contributed by atoms with Gasteiger partial charge in [0.05, 0.1) is 28.2 Å². The fraction of sp³-hybridized carbons (Fsp3) is 0.245. The molecular weight excluding hydrogens is 741 g/mol. The van der Waals surface area contributed by atoms with E-state index in [1.807, 2.05) is 119 Å². The van der Waals surface area contributed by atoms with Crippen LogP contribution < -0.4 is 20.7 Å². The van der Waals surface area contributed by atoms with Crippen molar-refractivity contribution in [2.24, 2.45) is 0 Å². The maximum atomic E-state index is 13.5. The number of alkyl carbamates (subject to hydrolysis) is 1. The number of benzene rings is 5. The van der Waals surface area contributed by atoms with Crippen LogP contribution in [0.5, 0.6) is 5.88 Å². The summed E-state index contributed by atoms with van der Waals surface area (Å²) in [5, 5.41) is 9.75. The summed E-state index contributed by atoms with van der Waals surface area (Å²) in [6.45, 7) is 9.51. The van der Waals surface area contributed by atoms with Crippen LogP contribution in [0.4, 0.5) is 10.5 Å². The molecule has 9 heteroatoms. The van der Waals surface area contributed by atoms with E-state index in [0.717, 1.165) is 27.8 Å². The molecule has 0 aliphatic heterocycles. The lowest BCUT2D eigenvalue weighted by Crippen LogP contribution is -2.45. The minimum Gasteiger partial charge on any atom is -0.463 e. The average Bonchev–Trinajstić information content (AvgIpc) is 3.24. The lowest BCUT2D eigenvalue weighted by atomic mass is 9.84. The topological polar surface area (TPSA) is 102 Å². The largest absolute Gasteiger partial charge is 0.463 e. The normalized spacial score (nSPS) is 13.1. The molecule has 0 fully saturated rings. The zero-order valence-electron chi connectivity index (χ0n) is 33.7. The number of rotatable bonds is 16. The van der Waals surface area contributed by atoms with Crippen molar-refractivity contribution in [1.82, 2.24) is 15.6 Å². The highest BCUT2D eigenvalue weighted by Gasteiger charge is 2.38. The fourth-order valence-corrected chi connectivity index (χ4v) is 8.23. The highest BCUT2D eigenvalue weighted by Crippen LogP contribution is 2.48. The van der Waals surface area contributed by atoms with Crippen LogP contribution in [0.2, 0.25) is 0 Å². The van der Waals surface area contributed by atoms with Crippen molar-refractivity contribution in [3.05, 3.63) is 186 Å². The van der Waals surface area contributed by atoms with Crippen molar-refractivity contribution in [3.63, 3.8) is 0 Å². The van der Waals surface area contributed by atoms with Gasteiger partial charge in [-0.2, -0.15) is 0 Å². The Hall–Kier alpha value is -6.06. The van der Waals surface area contributed by atoms with E-state index in [1.165, 1.54) is 0 Å². The molecule has 0 spiro atoms. The molecule has 298 valence electrons. The second-order valence-electron chi connectivity index (χ2n) is 15.1. The number of hydrogen-bond acceptors (Lipinski definition) is 7. The predicted octanol–water partition coefficient (Wildman–Crippen LogP) is 10.4. The van der Waals surface area contributed by atoms with Crippen LogP contribution in [-0.2, 0) is 14.3 Å². The number of carbonyl (C=O) groups is 2. The Morgan fingerprint density at radius 3 is 1.67 bits per heavy atom. The van der Waals surface area contributed by atoms with E-state index in [-0.39, 0.29) is 17.8 Å². The minimum atomic E-state index is -0.861. The SMILES string of the molecule is C[C@H](NC(=O)[C@@H](C)Oc1nc(-c2ccccc2)ccc1NCC(CSC(c1ccccc1)(c1ccccc1)c1ccccc1)NC(=O)OC(C)(C)C)c1ccccc1. The zero-order valence-corrected chi connectivity index (χ0v) is 34.5. The van der Waals surface area contributed by atoms with Crippen molar-refractivity contribution in [3.8, 4) is 17.1 Å². The van der Waals surface area contributed by atoms with Gasteiger partial charge in [0.1, 0.15) is 5.60 Å². The zero-order chi connectivity index (χ0) is 41.0. The first-order valence-corrected chi connectivity index (χ1v) is 20.6. The Morgan fingerprint density at radius 2 is 1.16 bits per heavy atom. The van der Waals surface area contributed by atoms with E-state index < -0.39 is 28.6 Å². The fourth-order valence-electron chi connectivity index (χ4n) is 6.66. The summed E-state index contributed by atoms with van der Waals surface area (Å²) in [6, 6.07) is 54.2. The van der Waals surface area contributed by atoms with Gasteiger partial charge in [0.2, 0.25) is 5.88 Å². The number of thioether (sulfide) groups is 1. The van der Waals surface area contributed by atoms with Gasteiger partial charge in [-0.15, -0.1) is 11.8 Å². The van der Waals surface area contributed by atoms with Gasteiger partial charge in [0, 0.05) is 17.9 Å². The number of amides is 2. The van der Waals surface area contributed by atoms with E-state index in [9.17, 15) is 9.59 Å². The molecule has 0 saturated carbocycles. The summed E-state index contributed by atoms with van der Waals surface area (Å²) in [5.41, 5.74) is 5.84. The van der Waals surface area contributed by atoms with Crippen molar-refractivity contribution >= 4 is 29.4 Å². The number of ether oxygens (including phenoxy) is 2. The molecule has 3 N–H and O–H groups in total.